The SMILES string of the molecule is CN(C)CCC(N)(Oc1cccc2ccccc12)c1cccs1. The van der Waals surface area contributed by atoms with Gasteiger partial charge in [0.05, 0.1) is 4.88 Å². The molecular weight excluding hydrogens is 304 g/mol. The van der Waals surface area contributed by atoms with Crippen molar-refractivity contribution in [3.8, 4) is 5.75 Å². The van der Waals surface area contributed by atoms with E-state index in [1.807, 2.05) is 55.9 Å². The van der Waals surface area contributed by atoms with Crippen LogP contribution in [0.4, 0.5) is 0 Å². The zero-order chi connectivity index (χ0) is 16.3. The Morgan fingerprint density at radius 2 is 1.83 bits per heavy atom. The molecule has 2 N–H and O–H groups in total. The van der Waals surface area contributed by atoms with E-state index in [-0.39, 0.29) is 0 Å². The van der Waals surface area contributed by atoms with Gasteiger partial charge in [-0.1, -0.05) is 42.5 Å². The van der Waals surface area contributed by atoms with Crippen molar-refractivity contribution in [3.05, 3.63) is 64.9 Å². The van der Waals surface area contributed by atoms with Crippen molar-refractivity contribution in [2.75, 3.05) is 20.6 Å². The molecule has 3 aromatic rings. The summed E-state index contributed by atoms with van der Waals surface area (Å²) < 4.78 is 6.37. The Kier molecular flexibility index (Phi) is 4.66. The predicted octanol–water partition coefficient (Wildman–Crippen LogP) is 4.04. The van der Waals surface area contributed by atoms with E-state index in [0.29, 0.717) is 0 Å². The lowest BCUT2D eigenvalue weighted by molar-refractivity contribution is 0.0609. The minimum atomic E-state index is -0.817. The van der Waals surface area contributed by atoms with E-state index < -0.39 is 5.72 Å². The molecule has 4 heteroatoms. The average Bonchev–Trinajstić information content (AvgIpc) is 3.09. The predicted molar refractivity (Wildman–Crippen MR) is 97.9 cm³/mol. The highest BCUT2D eigenvalue weighted by Gasteiger charge is 2.31. The lowest BCUT2D eigenvalue weighted by atomic mass is 10.1. The van der Waals surface area contributed by atoms with Crippen LogP contribution in [0.25, 0.3) is 10.8 Å². The van der Waals surface area contributed by atoms with Gasteiger partial charge in [0.1, 0.15) is 5.75 Å². The number of rotatable bonds is 6. The van der Waals surface area contributed by atoms with Gasteiger partial charge in [-0.05, 0) is 37.0 Å². The van der Waals surface area contributed by atoms with Crippen molar-refractivity contribution >= 4 is 22.1 Å². The Hall–Kier alpha value is -1.88. The van der Waals surface area contributed by atoms with Crippen molar-refractivity contribution in [1.29, 1.82) is 0 Å². The summed E-state index contributed by atoms with van der Waals surface area (Å²) in [6, 6.07) is 18.4. The van der Waals surface area contributed by atoms with E-state index in [1.54, 1.807) is 11.3 Å². The molecule has 1 unspecified atom stereocenters. The third-order valence-corrected chi connectivity index (χ3v) is 4.94. The van der Waals surface area contributed by atoms with Gasteiger partial charge < -0.3 is 9.64 Å². The highest BCUT2D eigenvalue weighted by molar-refractivity contribution is 7.10. The molecule has 0 spiro atoms. The fourth-order valence-corrected chi connectivity index (χ4v) is 3.42. The van der Waals surface area contributed by atoms with E-state index in [1.165, 1.54) is 0 Å². The lowest BCUT2D eigenvalue weighted by Crippen LogP contribution is -2.44. The summed E-state index contributed by atoms with van der Waals surface area (Å²) in [5, 5.41) is 4.29. The lowest BCUT2D eigenvalue weighted by Gasteiger charge is -2.31. The summed E-state index contributed by atoms with van der Waals surface area (Å²) in [5.41, 5.74) is 5.88. The summed E-state index contributed by atoms with van der Waals surface area (Å²) >= 11 is 1.64. The second kappa shape index (κ2) is 6.71. The van der Waals surface area contributed by atoms with Crippen LogP contribution in [0.2, 0.25) is 0 Å². The highest BCUT2D eigenvalue weighted by atomic mass is 32.1. The third kappa shape index (κ3) is 3.55. The van der Waals surface area contributed by atoms with Crippen LogP contribution in [-0.4, -0.2) is 25.5 Å². The Morgan fingerprint density at radius 3 is 2.57 bits per heavy atom. The molecule has 3 nitrogen and oxygen atoms in total. The minimum Gasteiger partial charge on any atom is -0.467 e. The van der Waals surface area contributed by atoms with E-state index >= 15 is 0 Å². The Balaban J connectivity index is 1.97. The van der Waals surface area contributed by atoms with Crippen LogP contribution in [0.5, 0.6) is 5.75 Å². The summed E-state index contributed by atoms with van der Waals surface area (Å²) in [4.78, 5) is 3.18. The van der Waals surface area contributed by atoms with Gasteiger partial charge in [-0.15, -0.1) is 11.3 Å². The van der Waals surface area contributed by atoms with Gasteiger partial charge >= 0.3 is 0 Å². The molecule has 0 amide bonds. The maximum Gasteiger partial charge on any atom is 0.195 e. The third-order valence-electron chi connectivity index (χ3n) is 3.91. The standard InChI is InChI=1S/C19H22N2OS/c1-21(2)13-12-19(20,18-11-6-14-23-18)22-17-10-5-8-15-7-3-4-9-16(15)17/h3-11,14H,12-13,20H2,1-2H3. The molecule has 1 atom stereocenters. The first-order valence-corrected chi connectivity index (χ1v) is 8.61. The number of nitrogens with zero attached hydrogens (tertiary/aromatic N) is 1. The van der Waals surface area contributed by atoms with Gasteiger partial charge in [0.2, 0.25) is 0 Å². The Labute approximate surface area is 141 Å². The maximum atomic E-state index is 6.70. The number of benzene rings is 2. The van der Waals surface area contributed by atoms with Crippen molar-refractivity contribution in [1.82, 2.24) is 4.90 Å². The molecule has 0 fully saturated rings. The molecule has 0 saturated heterocycles. The summed E-state index contributed by atoms with van der Waals surface area (Å²) in [6.07, 6.45) is 0.726. The maximum absolute atomic E-state index is 6.70. The van der Waals surface area contributed by atoms with Crippen LogP contribution in [0.1, 0.15) is 11.3 Å². The molecule has 3 rings (SSSR count). The molecule has 2 aromatic carbocycles. The summed E-state index contributed by atoms with van der Waals surface area (Å²) in [7, 11) is 4.10. The zero-order valence-electron chi connectivity index (χ0n) is 13.5. The Morgan fingerprint density at radius 1 is 1.04 bits per heavy atom. The molecule has 1 aromatic heterocycles. The average molecular weight is 326 g/mol. The smallest absolute Gasteiger partial charge is 0.195 e. The summed E-state index contributed by atoms with van der Waals surface area (Å²) in [5.74, 6) is 0.831. The molecule has 0 radical (unpaired) electrons. The summed E-state index contributed by atoms with van der Waals surface area (Å²) in [6.45, 7) is 0.860. The van der Waals surface area contributed by atoms with Crippen LogP contribution >= 0.6 is 11.3 Å². The van der Waals surface area contributed by atoms with Gasteiger partial charge in [0.15, 0.2) is 5.72 Å². The van der Waals surface area contributed by atoms with Gasteiger partial charge in [0, 0.05) is 18.4 Å². The topological polar surface area (TPSA) is 38.5 Å². The molecule has 0 aliphatic carbocycles. The van der Waals surface area contributed by atoms with E-state index in [9.17, 15) is 0 Å². The van der Waals surface area contributed by atoms with Gasteiger partial charge in [-0.2, -0.15) is 0 Å². The largest absolute Gasteiger partial charge is 0.467 e. The molecule has 1 heterocycles. The number of hydrogen-bond donors (Lipinski definition) is 1. The number of hydrogen-bond acceptors (Lipinski definition) is 4. The molecule has 120 valence electrons. The molecular formula is C19H22N2OS. The van der Waals surface area contributed by atoms with Crippen LogP contribution in [0.15, 0.2) is 60.0 Å². The number of nitrogens with two attached hydrogens (primary N) is 1. The highest BCUT2D eigenvalue weighted by Crippen LogP contribution is 2.34. The van der Waals surface area contributed by atoms with Gasteiger partial charge in [0.25, 0.3) is 0 Å². The minimum absolute atomic E-state index is 0.726. The van der Waals surface area contributed by atoms with Crippen LogP contribution in [0, 0.1) is 0 Å². The quantitative estimate of drug-likeness (QED) is 0.695. The van der Waals surface area contributed by atoms with Crippen molar-refractivity contribution in [2.24, 2.45) is 5.73 Å². The number of ether oxygens (including phenoxy) is 1. The van der Waals surface area contributed by atoms with Crippen molar-refractivity contribution in [3.63, 3.8) is 0 Å². The molecule has 0 aliphatic heterocycles. The van der Waals surface area contributed by atoms with Crippen molar-refractivity contribution in [2.45, 2.75) is 12.1 Å². The van der Waals surface area contributed by atoms with Crippen molar-refractivity contribution < 1.29 is 4.74 Å². The first-order valence-electron chi connectivity index (χ1n) is 7.73. The second-order valence-corrected chi connectivity index (χ2v) is 6.95. The normalized spacial score (nSPS) is 14.1. The van der Waals surface area contributed by atoms with E-state index in [0.717, 1.165) is 34.4 Å². The number of fused-ring (bicyclic) bond motifs is 1. The van der Waals surface area contributed by atoms with Crippen LogP contribution < -0.4 is 10.5 Å². The van der Waals surface area contributed by atoms with Crippen LogP contribution in [-0.2, 0) is 5.72 Å². The molecule has 0 saturated carbocycles. The fraction of sp³-hybridized carbons (Fsp3) is 0.263. The zero-order valence-corrected chi connectivity index (χ0v) is 14.3. The fourth-order valence-electron chi connectivity index (χ4n) is 2.61. The van der Waals surface area contributed by atoms with E-state index in [4.69, 9.17) is 10.5 Å². The van der Waals surface area contributed by atoms with E-state index in [2.05, 4.69) is 23.1 Å². The molecule has 23 heavy (non-hydrogen) atoms. The monoisotopic (exact) mass is 326 g/mol. The van der Waals surface area contributed by atoms with Gasteiger partial charge in [-0.3, -0.25) is 5.73 Å². The number of thiophene rings is 1. The molecule has 0 aliphatic rings. The molecule has 0 bridgehead atoms. The first kappa shape index (κ1) is 16.0. The van der Waals surface area contributed by atoms with Crippen LogP contribution in [0.3, 0.4) is 0 Å². The second-order valence-electron chi connectivity index (χ2n) is 6.00. The first-order chi connectivity index (χ1) is 11.1. The van der Waals surface area contributed by atoms with Gasteiger partial charge in [-0.25, -0.2) is 0 Å². The Bertz CT molecular complexity index is 765.